The van der Waals surface area contributed by atoms with Crippen molar-refractivity contribution in [2.24, 2.45) is 11.8 Å². The maximum Gasteiger partial charge on any atom is 0.309 e. The van der Waals surface area contributed by atoms with Gasteiger partial charge in [-0.2, -0.15) is 5.26 Å². The molecule has 2 aromatic rings. The standard InChI is InChI=1S/C24H25N3O5S/c1-2-32-24(29)20-12-19(20)14-27-22(28)11-10-18-4-3-5-21(23(18)27)26-33(30,31)15-17-8-6-16(13-25)7-9-17/h3-9,19-20,26H,2,10-12,14-15H2,1H3. The number of benzene rings is 2. The van der Waals surface area contributed by atoms with E-state index < -0.39 is 10.0 Å². The number of para-hydroxylation sites is 1. The molecule has 33 heavy (non-hydrogen) atoms. The summed E-state index contributed by atoms with van der Waals surface area (Å²) in [6.07, 6.45) is 1.53. The number of ether oxygens (including phenoxy) is 1. The Hall–Kier alpha value is -3.38. The normalized spacial score (nSPS) is 19.4. The molecule has 1 aliphatic heterocycles. The second kappa shape index (κ2) is 9.24. The van der Waals surface area contributed by atoms with E-state index in [4.69, 9.17) is 10.00 Å². The van der Waals surface area contributed by atoms with Gasteiger partial charge >= 0.3 is 5.97 Å². The topological polar surface area (TPSA) is 117 Å². The summed E-state index contributed by atoms with van der Waals surface area (Å²) in [4.78, 5) is 26.4. The number of sulfonamides is 1. The lowest BCUT2D eigenvalue weighted by Gasteiger charge is -2.32. The highest BCUT2D eigenvalue weighted by Gasteiger charge is 2.46. The van der Waals surface area contributed by atoms with Gasteiger partial charge in [-0.15, -0.1) is 0 Å². The molecule has 0 bridgehead atoms. The fourth-order valence-electron chi connectivity index (χ4n) is 4.21. The van der Waals surface area contributed by atoms with Crippen LogP contribution in [0.1, 0.15) is 36.5 Å². The van der Waals surface area contributed by atoms with Crippen LogP contribution in [0.15, 0.2) is 42.5 Å². The third-order valence-electron chi connectivity index (χ3n) is 5.93. The molecule has 8 nitrogen and oxygen atoms in total. The zero-order valence-corrected chi connectivity index (χ0v) is 19.1. The van der Waals surface area contributed by atoms with Gasteiger partial charge in [-0.25, -0.2) is 8.42 Å². The van der Waals surface area contributed by atoms with Crippen molar-refractivity contribution in [3.63, 3.8) is 0 Å². The van der Waals surface area contributed by atoms with E-state index >= 15 is 0 Å². The lowest BCUT2D eigenvalue weighted by atomic mass is 9.99. The van der Waals surface area contributed by atoms with Gasteiger partial charge in [-0.3, -0.25) is 14.3 Å². The molecule has 1 aliphatic carbocycles. The van der Waals surface area contributed by atoms with E-state index in [9.17, 15) is 18.0 Å². The first-order chi connectivity index (χ1) is 15.8. The van der Waals surface area contributed by atoms with E-state index in [-0.39, 0.29) is 29.5 Å². The smallest absolute Gasteiger partial charge is 0.309 e. The summed E-state index contributed by atoms with van der Waals surface area (Å²) in [5, 5.41) is 8.92. The van der Waals surface area contributed by atoms with Crippen molar-refractivity contribution in [3.05, 3.63) is 59.2 Å². The molecule has 2 aliphatic rings. The molecule has 1 N–H and O–H groups in total. The van der Waals surface area contributed by atoms with Crippen LogP contribution < -0.4 is 9.62 Å². The molecule has 0 aromatic heterocycles. The second-order valence-corrected chi connectivity index (χ2v) is 10.1. The van der Waals surface area contributed by atoms with Crippen LogP contribution in [-0.4, -0.2) is 33.4 Å². The Morgan fingerprint density at radius 3 is 2.67 bits per heavy atom. The Balaban J connectivity index is 1.55. The maximum atomic E-state index is 12.9. The molecule has 9 heteroatoms. The van der Waals surface area contributed by atoms with Crippen molar-refractivity contribution in [2.45, 2.75) is 31.9 Å². The Morgan fingerprint density at radius 2 is 1.97 bits per heavy atom. The summed E-state index contributed by atoms with van der Waals surface area (Å²) in [6, 6.07) is 13.7. The number of anilines is 2. The van der Waals surface area contributed by atoms with Crippen LogP contribution in [0.5, 0.6) is 0 Å². The zero-order valence-electron chi connectivity index (χ0n) is 18.3. The quantitative estimate of drug-likeness (QED) is 0.597. The first kappa shape index (κ1) is 22.8. The van der Waals surface area contributed by atoms with E-state index in [1.165, 1.54) is 0 Å². The van der Waals surface area contributed by atoms with Crippen LogP contribution in [-0.2, 0) is 36.5 Å². The lowest BCUT2D eigenvalue weighted by Crippen LogP contribution is -2.38. The molecule has 1 heterocycles. The SMILES string of the molecule is CCOC(=O)C1CC1CN1C(=O)CCc2cccc(NS(=O)(=O)Cc3ccc(C#N)cc3)c21. The third kappa shape index (κ3) is 5.17. The number of aryl methyl sites for hydroxylation is 1. The largest absolute Gasteiger partial charge is 0.466 e. The molecule has 0 saturated heterocycles. The van der Waals surface area contributed by atoms with Gasteiger partial charge in [0.2, 0.25) is 15.9 Å². The second-order valence-electron chi connectivity index (χ2n) is 8.34. The van der Waals surface area contributed by atoms with Crippen LogP contribution in [0.4, 0.5) is 11.4 Å². The molecule has 1 amide bonds. The molecule has 2 aromatic carbocycles. The third-order valence-corrected chi connectivity index (χ3v) is 7.18. The Kier molecular flexibility index (Phi) is 6.38. The summed E-state index contributed by atoms with van der Waals surface area (Å²) in [5.41, 5.74) is 2.81. The molecule has 2 atom stereocenters. The monoisotopic (exact) mass is 467 g/mol. The number of hydrogen-bond acceptors (Lipinski definition) is 6. The van der Waals surface area contributed by atoms with Gasteiger partial charge in [0.1, 0.15) is 0 Å². The minimum Gasteiger partial charge on any atom is -0.466 e. The molecule has 2 unspecified atom stereocenters. The summed E-state index contributed by atoms with van der Waals surface area (Å²) < 4.78 is 33.5. The van der Waals surface area contributed by atoms with Crippen LogP contribution >= 0.6 is 0 Å². The van der Waals surface area contributed by atoms with Crippen molar-refractivity contribution in [1.82, 2.24) is 0 Å². The number of fused-ring (bicyclic) bond motifs is 1. The maximum absolute atomic E-state index is 12.9. The van der Waals surface area contributed by atoms with Crippen molar-refractivity contribution in [2.75, 3.05) is 22.8 Å². The molecule has 0 spiro atoms. The predicted molar refractivity (Wildman–Crippen MR) is 123 cm³/mol. The van der Waals surface area contributed by atoms with Crippen molar-refractivity contribution < 1.29 is 22.7 Å². The van der Waals surface area contributed by atoms with Gasteiger partial charge in [-0.05, 0) is 55.0 Å². The van der Waals surface area contributed by atoms with Gasteiger partial charge < -0.3 is 9.64 Å². The highest BCUT2D eigenvalue weighted by molar-refractivity contribution is 7.91. The first-order valence-electron chi connectivity index (χ1n) is 10.9. The number of rotatable bonds is 8. The first-order valence-corrected chi connectivity index (χ1v) is 12.5. The van der Waals surface area contributed by atoms with Gasteiger partial charge in [0.15, 0.2) is 0 Å². The summed E-state index contributed by atoms with van der Waals surface area (Å²) in [7, 11) is -3.77. The molecule has 172 valence electrons. The van der Waals surface area contributed by atoms with E-state index in [2.05, 4.69) is 4.72 Å². The van der Waals surface area contributed by atoms with Gasteiger partial charge in [0.25, 0.3) is 0 Å². The average molecular weight is 468 g/mol. The van der Waals surface area contributed by atoms with E-state index in [0.29, 0.717) is 54.9 Å². The number of carbonyl (C=O) groups is 2. The number of nitrogens with one attached hydrogen (secondary N) is 1. The number of carbonyl (C=O) groups excluding carboxylic acids is 2. The minimum atomic E-state index is -3.77. The molecule has 4 rings (SSSR count). The lowest BCUT2D eigenvalue weighted by molar-refractivity contribution is -0.145. The van der Waals surface area contributed by atoms with Crippen LogP contribution in [0.25, 0.3) is 0 Å². The summed E-state index contributed by atoms with van der Waals surface area (Å²) >= 11 is 0. The highest BCUT2D eigenvalue weighted by atomic mass is 32.2. The summed E-state index contributed by atoms with van der Waals surface area (Å²) in [6.45, 7) is 2.43. The minimum absolute atomic E-state index is 0.00209. The molecule has 0 radical (unpaired) electrons. The fourth-order valence-corrected chi connectivity index (χ4v) is 5.41. The van der Waals surface area contributed by atoms with Gasteiger partial charge in [0.05, 0.1) is 41.3 Å². The average Bonchev–Trinajstić information content (AvgIpc) is 3.55. The van der Waals surface area contributed by atoms with Crippen LogP contribution in [0.3, 0.4) is 0 Å². The van der Waals surface area contributed by atoms with E-state index in [0.717, 1.165) is 5.56 Å². The molecular weight excluding hydrogens is 442 g/mol. The molecule has 1 fully saturated rings. The fraction of sp³-hybridized carbons (Fsp3) is 0.375. The molecular formula is C24H25N3O5S. The van der Waals surface area contributed by atoms with Crippen LogP contribution in [0, 0.1) is 23.2 Å². The Labute approximate surface area is 193 Å². The Bertz CT molecular complexity index is 1220. The van der Waals surface area contributed by atoms with Crippen molar-refractivity contribution in [1.29, 1.82) is 5.26 Å². The zero-order chi connectivity index (χ0) is 23.6. The number of nitriles is 1. The predicted octanol–water partition coefficient (Wildman–Crippen LogP) is 2.98. The molecule has 1 saturated carbocycles. The van der Waals surface area contributed by atoms with Crippen molar-refractivity contribution >= 4 is 33.3 Å². The van der Waals surface area contributed by atoms with Crippen molar-refractivity contribution in [3.8, 4) is 6.07 Å². The van der Waals surface area contributed by atoms with Gasteiger partial charge in [0, 0.05) is 13.0 Å². The van der Waals surface area contributed by atoms with E-state index in [1.54, 1.807) is 48.2 Å². The summed E-state index contributed by atoms with van der Waals surface area (Å²) in [5.74, 6) is -0.811. The van der Waals surface area contributed by atoms with Crippen LogP contribution in [0.2, 0.25) is 0 Å². The number of hydrogen-bond donors (Lipinski definition) is 1. The van der Waals surface area contributed by atoms with E-state index in [1.807, 2.05) is 12.1 Å². The number of esters is 1. The number of amides is 1. The Morgan fingerprint density at radius 1 is 1.21 bits per heavy atom. The number of nitrogens with zero attached hydrogens (tertiary/aromatic N) is 2. The highest BCUT2D eigenvalue weighted by Crippen LogP contribution is 2.44. The van der Waals surface area contributed by atoms with Gasteiger partial charge in [-0.1, -0.05) is 24.3 Å².